The Bertz CT molecular complexity index is 854. The van der Waals surface area contributed by atoms with Gasteiger partial charge in [-0.15, -0.1) is 10.2 Å². The molecule has 1 saturated carbocycles. The van der Waals surface area contributed by atoms with E-state index in [2.05, 4.69) is 10.2 Å². The number of carbonyl (C=O) groups excluding carboxylic acids is 1. The first-order valence-corrected chi connectivity index (χ1v) is 9.02. The molecule has 1 aromatic carbocycles. The Kier molecular flexibility index (Phi) is 4.29. The number of alkyl halides is 3. The molecule has 0 bridgehead atoms. The summed E-state index contributed by atoms with van der Waals surface area (Å²) in [5.74, 6) is -0.112. The number of hydrogen-bond donors (Lipinski definition) is 0. The molecule has 2 aliphatic rings. The number of benzene rings is 1. The standard InChI is InChI=1S/C18H17ClF3N3O/c19-13-5-6-15-11(7-13)8-14(26)9-16-23-24-17(25(15)16)10-1-3-12(4-2-10)18(20,21)22/h5-7,10,12H,1-4,8-9H2/t10-,12-. The summed E-state index contributed by atoms with van der Waals surface area (Å²) in [6.45, 7) is 0. The van der Waals surface area contributed by atoms with Gasteiger partial charge in [-0.1, -0.05) is 11.6 Å². The van der Waals surface area contributed by atoms with Crippen molar-refractivity contribution in [3.63, 3.8) is 0 Å². The minimum atomic E-state index is -4.14. The largest absolute Gasteiger partial charge is 0.391 e. The van der Waals surface area contributed by atoms with Crippen molar-refractivity contribution in [2.45, 2.75) is 50.6 Å². The number of Topliss-reactive ketones (excluding diaryl/α,β-unsaturated/α-hetero) is 1. The highest BCUT2D eigenvalue weighted by atomic mass is 35.5. The van der Waals surface area contributed by atoms with Gasteiger partial charge in [-0.05, 0) is 49.4 Å². The molecule has 1 aliphatic heterocycles. The zero-order chi connectivity index (χ0) is 18.5. The molecule has 0 radical (unpaired) electrons. The lowest BCUT2D eigenvalue weighted by atomic mass is 9.81. The second-order valence-corrected chi connectivity index (χ2v) is 7.50. The second-order valence-electron chi connectivity index (χ2n) is 7.07. The van der Waals surface area contributed by atoms with Gasteiger partial charge in [0, 0.05) is 17.4 Å². The molecule has 1 aliphatic carbocycles. The predicted molar refractivity (Wildman–Crippen MR) is 89.5 cm³/mol. The van der Waals surface area contributed by atoms with Crippen LogP contribution in [0.1, 0.15) is 48.8 Å². The fraction of sp³-hybridized carbons (Fsp3) is 0.500. The maximum Gasteiger partial charge on any atom is 0.391 e. The Morgan fingerprint density at radius 3 is 2.50 bits per heavy atom. The SMILES string of the molecule is O=C1Cc2cc(Cl)ccc2-n2c(nnc2[C@H]2CC[C@H](C(F)(F)F)CC2)C1. The molecule has 1 fully saturated rings. The van der Waals surface area contributed by atoms with Crippen LogP contribution in [0.5, 0.6) is 0 Å². The second kappa shape index (κ2) is 6.37. The van der Waals surface area contributed by atoms with Crippen LogP contribution in [0.3, 0.4) is 0 Å². The molecular weight excluding hydrogens is 367 g/mol. The molecule has 4 rings (SSSR count). The molecule has 4 nitrogen and oxygen atoms in total. The summed E-state index contributed by atoms with van der Waals surface area (Å²) in [6.07, 6.45) is -2.68. The van der Waals surface area contributed by atoms with Crippen LogP contribution in [0.4, 0.5) is 13.2 Å². The number of rotatable bonds is 1. The monoisotopic (exact) mass is 383 g/mol. The Morgan fingerprint density at radius 1 is 1.08 bits per heavy atom. The molecule has 8 heteroatoms. The van der Waals surface area contributed by atoms with Crippen LogP contribution in [0.2, 0.25) is 5.02 Å². The summed E-state index contributed by atoms with van der Waals surface area (Å²) in [7, 11) is 0. The van der Waals surface area contributed by atoms with Crippen LogP contribution in [-0.2, 0) is 17.6 Å². The summed E-state index contributed by atoms with van der Waals surface area (Å²) < 4.78 is 40.7. The molecule has 0 unspecified atom stereocenters. The third-order valence-corrected chi connectivity index (χ3v) is 5.57. The van der Waals surface area contributed by atoms with E-state index >= 15 is 0 Å². The van der Waals surface area contributed by atoms with Gasteiger partial charge in [-0.3, -0.25) is 9.36 Å². The fourth-order valence-electron chi connectivity index (χ4n) is 4.02. The Balaban J connectivity index is 1.70. The van der Waals surface area contributed by atoms with Gasteiger partial charge >= 0.3 is 6.18 Å². The average molecular weight is 384 g/mol. The van der Waals surface area contributed by atoms with Gasteiger partial charge in [0.05, 0.1) is 18.0 Å². The van der Waals surface area contributed by atoms with E-state index in [9.17, 15) is 18.0 Å². The molecule has 0 amide bonds. The number of hydrogen-bond acceptors (Lipinski definition) is 3. The summed E-state index contributed by atoms with van der Waals surface area (Å²) in [6, 6.07) is 5.33. The summed E-state index contributed by atoms with van der Waals surface area (Å²) in [5.41, 5.74) is 1.60. The van der Waals surface area contributed by atoms with Crippen LogP contribution in [0.15, 0.2) is 18.2 Å². The van der Waals surface area contributed by atoms with Gasteiger partial charge in [0.15, 0.2) is 0 Å². The summed E-state index contributed by atoms with van der Waals surface area (Å²) in [4.78, 5) is 12.2. The highest BCUT2D eigenvalue weighted by molar-refractivity contribution is 6.30. The molecule has 26 heavy (non-hydrogen) atoms. The van der Waals surface area contributed by atoms with Gasteiger partial charge in [0.2, 0.25) is 0 Å². The highest BCUT2D eigenvalue weighted by Gasteiger charge is 2.42. The number of halogens is 4. The first-order valence-electron chi connectivity index (χ1n) is 8.64. The number of ketones is 1. The predicted octanol–water partition coefficient (Wildman–Crippen LogP) is 4.42. The van der Waals surface area contributed by atoms with Gasteiger partial charge in [0.25, 0.3) is 0 Å². The Morgan fingerprint density at radius 2 is 1.81 bits per heavy atom. The summed E-state index contributed by atoms with van der Waals surface area (Å²) >= 11 is 6.07. The topological polar surface area (TPSA) is 47.8 Å². The number of aromatic nitrogens is 3. The van der Waals surface area contributed by atoms with E-state index in [0.717, 1.165) is 11.3 Å². The third kappa shape index (κ3) is 3.13. The lowest BCUT2D eigenvalue weighted by Gasteiger charge is -2.29. The van der Waals surface area contributed by atoms with Crippen LogP contribution < -0.4 is 0 Å². The third-order valence-electron chi connectivity index (χ3n) is 5.34. The molecule has 2 aromatic rings. The van der Waals surface area contributed by atoms with Crippen LogP contribution in [0.25, 0.3) is 5.69 Å². The molecule has 0 spiro atoms. The minimum Gasteiger partial charge on any atom is -0.299 e. The van der Waals surface area contributed by atoms with Gasteiger partial charge < -0.3 is 0 Å². The smallest absolute Gasteiger partial charge is 0.299 e. The first-order chi connectivity index (χ1) is 12.3. The summed E-state index contributed by atoms with van der Waals surface area (Å²) in [5, 5.41) is 8.96. The molecule has 138 valence electrons. The van der Waals surface area contributed by atoms with E-state index in [-0.39, 0.29) is 37.4 Å². The Labute approximate surface area is 153 Å². The average Bonchev–Trinajstić information content (AvgIpc) is 2.91. The highest BCUT2D eigenvalue weighted by Crippen LogP contribution is 2.43. The molecule has 0 saturated heterocycles. The van der Waals surface area contributed by atoms with Crippen molar-refractivity contribution in [1.82, 2.24) is 14.8 Å². The number of carbonyl (C=O) groups is 1. The van der Waals surface area contributed by atoms with Crippen molar-refractivity contribution >= 4 is 17.4 Å². The van der Waals surface area contributed by atoms with E-state index in [4.69, 9.17) is 11.6 Å². The lowest BCUT2D eigenvalue weighted by molar-refractivity contribution is -0.182. The van der Waals surface area contributed by atoms with E-state index in [1.165, 1.54) is 0 Å². The Hall–Kier alpha value is -1.89. The van der Waals surface area contributed by atoms with Gasteiger partial charge in [-0.25, -0.2) is 0 Å². The zero-order valence-corrected chi connectivity index (χ0v) is 14.6. The van der Waals surface area contributed by atoms with E-state index in [0.29, 0.717) is 29.5 Å². The molecule has 2 heterocycles. The van der Waals surface area contributed by atoms with Crippen LogP contribution in [0, 0.1) is 5.92 Å². The number of nitrogens with zero attached hydrogens (tertiary/aromatic N) is 3. The van der Waals surface area contributed by atoms with Crippen molar-refractivity contribution in [3.8, 4) is 5.69 Å². The quantitative estimate of drug-likeness (QED) is 0.732. The van der Waals surface area contributed by atoms with Crippen molar-refractivity contribution < 1.29 is 18.0 Å². The van der Waals surface area contributed by atoms with Crippen molar-refractivity contribution in [2.75, 3.05) is 0 Å². The molecule has 0 atom stereocenters. The number of fused-ring (bicyclic) bond motifs is 3. The fourth-order valence-corrected chi connectivity index (χ4v) is 4.21. The van der Waals surface area contributed by atoms with E-state index in [1.807, 2.05) is 10.6 Å². The molecule has 0 N–H and O–H groups in total. The van der Waals surface area contributed by atoms with Gasteiger partial charge in [-0.2, -0.15) is 13.2 Å². The maximum atomic E-state index is 12.9. The first kappa shape index (κ1) is 17.5. The maximum absolute atomic E-state index is 12.9. The van der Waals surface area contributed by atoms with Crippen molar-refractivity contribution in [1.29, 1.82) is 0 Å². The van der Waals surface area contributed by atoms with Crippen molar-refractivity contribution in [2.24, 2.45) is 5.92 Å². The van der Waals surface area contributed by atoms with E-state index < -0.39 is 12.1 Å². The van der Waals surface area contributed by atoms with Crippen LogP contribution in [-0.4, -0.2) is 26.7 Å². The van der Waals surface area contributed by atoms with Gasteiger partial charge in [0.1, 0.15) is 17.4 Å². The van der Waals surface area contributed by atoms with Crippen LogP contribution >= 0.6 is 11.6 Å². The minimum absolute atomic E-state index is 0.0204. The molecular formula is C18H17ClF3N3O. The van der Waals surface area contributed by atoms with Crippen molar-refractivity contribution in [3.05, 3.63) is 40.4 Å². The molecule has 1 aromatic heterocycles. The lowest BCUT2D eigenvalue weighted by Crippen LogP contribution is -2.28. The van der Waals surface area contributed by atoms with E-state index in [1.54, 1.807) is 12.1 Å². The zero-order valence-electron chi connectivity index (χ0n) is 13.9. The normalized spacial score (nSPS) is 23.3.